The second-order valence-corrected chi connectivity index (χ2v) is 5.10. The molecule has 0 amide bonds. The zero-order valence-electron chi connectivity index (χ0n) is 12.2. The van der Waals surface area contributed by atoms with Crippen LogP contribution in [0.5, 0.6) is 0 Å². The third-order valence-electron chi connectivity index (χ3n) is 3.48. The molecule has 1 aromatic heterocycles. The number of hydrogen-bond donors (Lipinski definition) is 2. The summed E-state index contributed by atoms with van der Waals surface area (Å²) in [6.07, 6.45) is 0. The summed E-state index contributed by atoms with van der Waals surface area (Å²) in [5, 5.41) is 12.2. The molecule has 21 heavy (non-hydrogen) atoms. The van der Waals surface area contributed by atoms with Crippen LogP contribution in [-0.4, -0.2) is 11.1 Å². The van der Waals surface area contributed by atoms with Gasteiger partial charge in [0.2, 0.25) is 0 Å². The van der Waals surface area contributed by atoms with Gasteiger partial charge in [-0.3, -0.25) is 0 Å². The summed E-state index contributed by atoms with van der Waals surface area (Å²) < 4.78 is 18.9. The number of carboxylic acids is 1. The Morgan fingerprint density at radius 3 is 2.67 bits per heavy atom. The average Bonchev–Trinajstić information content (AvgIpc) is 2.80. The van der Waals surface area contributed by atoms with Crippen LogP contribution in [0.1, 0.15) is 46.0 Å². The molecule has 5 heteroatoms. The van der Waals surface area contributed by atoms with Crippen molar-refractivity contribution in [3.05, 3.63) is 58.3 Å². The van der Waals surface area contributed by atoms with Gasteiger partial charge in [0.1, 0.15) is 22.9 Å². The number of furan rings is 1. The smallest absolute Gasteiger partial charge is 0.339 e. The highest BCUT2D eigenvalue weighted by Crippen LogP contribution is 2.18. The standard InChI is InChI=1S/C16H18FNO3/c1-9-4-5-12(6-15(9)17)10(2)18-8-13-7-14(16(19)20)11(3)21-13/h4-7,10,18H,8H2,1-3H3,(H,19,20). The minimum Gasteiger partial charge on any atom is -0.478 e. The van der Waals surface area contributed by atoms with E-state index >= 15 is 0 Å². The molecule has 0 aliphatic rings. The van der Waals surface area contributed by atoms with Crippen LogP contribution in [0.4, 0.5) is 4.39 Å². The topological polar surface area (TPSA) is 62.5 Å². The molecule has 0 aliphatic heterocycles. The SMILES string of the molecule is Cc1ccc(C(C)NCc2cc(C(=O)O)c(C)o2)cc1F. The van der Waals surface area contributed by atoms with Gasteiger partial charge in [0.15, 0.2) is 0 Å². The molecule has 1 heterocycles. The normalized spacial score (nSPS) is 12.4. The minimum absolute atomic E-state index is 0.0706. The molecule has 0 fully saturated rings. The van der Waals surface area contributed by atoms with E-state index in [4.69, 9.17) is 9.52 Å². The van der Waals surface area contributed by atoms with Crippen LogP contribution in [-0.2, 0) is 6.54 Å². The van der Waals surface area contributed by atoms with Crippen molar-refractivity contribution in [2.24, 2.45) is 0 Å². The minimum atomic E-state index is -1.00. The molecule has 2 aromatic rings. The summed E-state index contributed by atoms with van der Waals surface area (Å²) in [6.45, 7) is 5.63. The van der Waals surface area contributed by atoms with Gasteiger partial charge in [0.05, 0.1) is 6.54 Å². The second-order valence-electron chi connectivity index (χ2n) is 5.10. The maximum Gasteiger partial charge on any atom is 0.339 e. The summed E-state index contributed by atoms with van der Waals surface area (Å²) in [4.78, 5) is 10.9. The highest BCUT2D eigenvalue weighted by molar-refractivity contribution is 5.88. The van der Waals surface area contributed by atoms with Crippen LogP contribution in [0.15, 0.2) is 28.7 Å². The molecule has 0 saturated heterocycles. The van der Waals surface area contributed by atoms with E-state index in [0.29, 0.717) is 23.6 Å². The predicted octanol–water partition coefficient (Wildman–Crippen LogP) is 3.58. The lowest BCUT2D eigenvalue weighted by atomic mass is 10.1. The molecule has 0 spiro atoms. The first kappa shape index (κ1) is 15.3. The molecule has 1 aromatic carbocycles. The Morgan fingerprint density at radius 2 is 2.10 bits per heavy atom. The van der Waals surface area contributed by atoms with E-state index in [9.17, 15) is 9.18 Å². The highest BCUT2D eigenvalue weighted by atomic mass is 19.1. The van der Waals surface area contributed by atoms with E-state index in [-0.39, 0.29) is 17.4 Å². The van der Waals surface area contributed by atoms with Crippen LogP contribution in [0, 0.1) is 19.7 Å². The van der Waals surface area contributed by atoms with E-state index in [1.165, 1.54) is 12.1 Å². The van der Waals surface area contributed by atoms with Gasteiger partial charge >= 0.3 is 5.97 Å². The Bertz CT molecular complexity index is 664. The van der Waals surface area contributed by atoms with Crippen LogP contribution in [0.2, 0.25) is 0 Å². The van der Waals surface area contributed by atoms with Crippen molar-refractivity contribution in [2.75, 3.05) is 0 Å². The summed E-state index contributed by atoms with van der Waals surface area (Å²) in [5.41, 5.74) is 1.61. The molecule has 0 radical (unpaired) electrons. The van der Waals surface area contributed by atoms with Gasteiger partial charge in [-0.25, -0.2) is 9.18 Å². The van der Waals surface area contributed by atoms with E-state index in [1.807, 2.05) is 13.0 Å². The van der Waals surface area contributed by atoms with Crippen molar-refractivity contribution in [3.8, 4) is 0 Å². The molecule has 2 N–H and O–H groups in total. The fourth-order valence-electron chi connectivity index (χ4n) is 2.09. The van der Waals surface area contributed by atoms with Crippen molar-refractivity contribution < 1.29 is 18.7 Å². The van der Waals surface area contributed by atoms with E-state index in [2.05, 4.69) is 5.32 Å². The van der Waals surface area contributed by atoms with Crippen molar-refractivity contribution in [2.45, 2.75) is 33.4 Å². The summed E-state index contributed by atoms with van der Waals surface area (Å²) in [7, 11) is 0. The van der Waals surface area contributed by atoms with Crippen molar-refractivity contribution in [1.29, 1.82) is 0 Å². The lowest BCUT2D eigenvalue weighted by Crippen LogP contribution is -2.18. The molecule has 0 bridgehead atoms. The first-order valence-corrected chi connectivity index (χ1v) is 6.70. The zero-order chi connectivity index (χ0) is 15.6. The number of carboxylic acid groups (broad SMARTS) is 1. The Kier molecular flexibility index (Phi) is 4.43. The molecule has 4 nitrogen and oxygen atoms in total. The lowest BCUT2D eigenvalue weighted by molar-refractivity contribution is 0.0695. The molecule has 112 valence electrons. The molecule has 0 aliphatic carbocycles. The molecular weight excluding hydrogens is 273 g/mol. The Morgan fingerprint density at radius 1 is 1.38 bits per heavy atom. The van der Waals surface area contributed by atoms with Crippen molar-refractivity contribution in [3.63, 3.8) is 0 Å². The molecule has 1 atom stereocenters. The summed E-state index contributed by atoms with van der Waals surface area (Å²) >= 11 is 0. The van der Waals surface area contributed by atoms with Crippen LogP contribution >= 0.6 is 0 Å². The number of carbonyl (C=O) groups is 1. The van der Waals surface area contributed by atoms with Gasteiger partial charge in [-0.05, 0) is 44.0 Å². The fourth-order valence-corrected chi connectivity index (χ4v) is 2.09. The molecule has 1 unspecified atom stereocenters. The second kappa shape index (κ2) is 6.10. The first-order chi connectivity index (χ1) is 9.88. The van der Waals surface area contributed by atoms with Gasteiger partial charge in [0, 0.05) is 6.04 Å². The number of aromatic carboxylic acids is 1. The monoisotopic (exact) mass is 291 g/mol. The molecule has 0 saturated carbocycles. The molecular formula is C16H18FNO3. The van der Waals surface area contributed by atoms with Gasteiger partial charge in [-0.15, -0.1) is 0 Å². The third-order valence-corrected chi connectivity index (χ3v) is 3.48. The number of aryl methyl sites for hydroxylation is 2. The van der Waals surface area contributed by atoms with Crippen molar-refractivity contribution in [1.82, 2.24) is 5.32 Å². The average molecular weight is 291 g/mol. The van der Waals surface area contributed by atoms with Crippen molar-refractivity contribution >= 4 is 5.97 Å². The summed E-state index contributed by atoms with van der Waals surface area (Å²) in [6, 6.07) is 6.55. The summed E-state index contributed by atoms with van der Waals surface area (Å²) in [5.74, 6) is -0.308. The highest BCUT2D eigenvalue weighted by Gasteiger charge is 2.14. The zero-order valence-corrected chi connectivity index (χ0v) is 12.2. The Hall–Kier alpha value is -2.14. The Labute approximate surface area is 122 Å². The lowest BCUT2D eigenvalue weighted by Gasteiger charge is -2.14. The quantitative estimate of drug-likeness (QED) is 0.883. The van der Waals surface area contributed by atoms with E-state index < -0.39 is 5.97 Å². The van der Waals surface area contributed by atoms with Crippen LogP contribution in [0.3, 0.4) is 0 Å². The maximum atomic E-state index is 13.5. The van der Waals surface area contributed by atoms with Gasteiger partial charge < -0.3 is 14.8 Å². The largest absolute Gasteiger partial charge is 0.478 e. The van der Waals surface area contributed by atoms with E-state index in [1.54, 1.807) is 19.9 Å². The van der Waals surface area contributed by atoms with Gasteiger partial charge in [-0.1, -0.05) is 12.1 Å². The number of halogens is 1. The van der Waals surface area contributed by atoms with Gasteiger partial charge in [0.25, 0.3) is 0 Å². The number of nitrogens with one attached hydrogen (secondary N) is 1. The Balaban J connectivity index is 2.03. The van der Waals surface area contributed by atoms with Crippen LogP contribution < -0.4 is 5.32 Å². The molecule has 2 rings (SSSR count). The number of hydrogen-bond acceptors (Lipinski definition) is 3. The van der Waals surface area contributed by atoms with E-state index in [0.717, 1.165) is 5.56 Å². The fraction of sp³-hybridized carbons (Fsp3) is 0.312. The first-order valence-electron chi connectivity index (χ1n) is 6.70. The number of benzene rings is 1. The maximum absolute atomic E-state index is 13.5. The van der Waals surface area contributed by atoms with Crippen LogP contribution in [0.25, 0.3) is 0 Å². The van der Waals surface area contributed by atoms with Gasteiger partial charge in [-0.2, -0.15) is 0 Å². The predicted molar refractivity (Wildman–Crippen MR) is 76.8 cm³/mol. The number of rotatable bonds is 5. The third kappa shape index (κ3) is 3.49.